The van der Waals surface area contributed by atoms with Crippen molar-refractivity contribution in [1.29, 1.82) is 0 Å². The average molecular weight is 245 g/mol. The molecule has 0 aliphatic rings. The van der Waals surface area contributed by atoms with E-state index in [0.717, 1.165) is 0 Å². The summed E-state index contributed by atoms with van der Waals surface area (Å²) in [6.45, 7) is 0. The van der Waals surface area contributed by atoms with Crippen LogP contribution >= 0.6 is 0 Å². The van der Waals surface area contributed by atoms with Crippen molar-refractivity contribution in [2.45, 2.75) is 0 Å². The van der Waals surface area contributed by atoms with Crippen LogP contribution in [0.3, 0.4) is 0 Å². The van der Waals surface area contributed by atoms with Crippen molar-refractivity contribution >= 4 is 17.3 Å². The van der Waals surface area contributed by atoms with Gasteiger partial charge in [-0.2, -0.15) is 0 Å². The van der Waals surface area contributed by atoms with Gasteiger partial charge in [-0.15, -0.1) is 0 Å². The third kappa shape index (κ3) is 2.29. The predicted molar refractivity (Wildman–Crippen MR) is 67.8 cm³/mol. The number of halogens is 1. The van der Waals surface area contributed by atoms with Gasteiger partial charge >= 0.3 is 0 Å². The Bertz CT molecular complexity index is 586. The number of rotatable bonds is 2. The van der Waals surface area contributed by atoms with Crippen LogP contribution in [0.25, 0.3) is 0 Å². The summed E-state index contributed by atoms with van der Waals surface area (Å²) in [7, 11) is 1.55. The monoisotopic (exact) mass is 245 g/mol. The third-order valence-corrected chi connectivity index (χ3v) is 2.54. The minimum absolute atomic E-state index is 0.157. The Morgan fingerprint density at radius 3 is 2.78 bits per heavy atom. The second-order valence-electron chi connectivity index (χ2n) is 3.79. The van der Waals surface area contributed by atoms with E-state index in [1.54, 1.807) is 25.2 Å². The quantitative estimate of drug-likeness (QED) is 0.881. The summed E-state index contributed by atoms with van der Waals surface area (Å²) in [5, 5.41) is 0. The van der Waals surface area contributed by atoms with Gasteiger partial charge in [0.25, 0.3) is 5.91 Å². The maximum atomic E-state index is 13.1. The molecule has 0 atom stereocenters. The lowest BCUT2D eigenvalue weighted by molar-refractivity contribution is 0.0989. The summed E-state index contributed by atoms with van der Waals surface area (Å²) >= 11 is 0. The van der Waals surface area contributed by atoms with Crippen molar-refractivity contribution in [2.24, 2.45) is 0 Å². The van der Waals surface area contributed by atoms with E-state index in [1.165, 1.54) is 29.3 Å². The SMILES string of the molecule is CN(C(=O)c1ncccc1N)c1cccc(F)c1. The van der Waals surface area contributed by atoms with Gasteiger partial charge in [0, 0.05) is 18.9 Å². The van der Waals surface area contributed by atoms with Crippen LogP contribution < -0.4 is 10.6 Å². The van der Waals surface area contributed by atoms with Gasteiger partial charge < -0.3 is 10.6 Å². The van der Waals surface area contributed by atoms with Crippen LogP contribution in [-0.2, 0) is 0 Å². The highest BCUT2D eigenvalue weighted by Gasteiger charge is 2.17. The fourth-order valence-electron chi connectivity index (χ4n) is 1.56. The van der Waals surface area contributed by atoms with Crippen molar-refractivity contribution in [1.82, 2.24) is 4.98 Å². The first-order valence-electron chi connectivity index (χ1n) is 5.33. The van der Waals surface area contributed by atoms with E-state index in [2.05, 4.69) is 4.98 Å². The number of benzene rings is 1. The Hall–Kier alpha value is -2.43. The number of aromatic nitrogens is 1. The molecule has 0 saturated heterocycles. The third-order valence-electron chi connectivity index (χ3n) is 2.54. The fourth-order valence-corrected chi connectivity index (χ4v) is 1.56. The molecule has 2 aromatic rings. The molecular weight excluding hydrogens is 233 g/mol. The first-order valence-corrected chi connectivity index (χ1v) is 5.33. The van der Waals surface area contributed by atoms with E-state index in [0.29, 0.717) is 11.4 Å². The molecule has 0 saturated carbocycles. The minimum Gasteiger partial charge on any atom is -0.397 e. The lowest BCUT2D eigenvalue weighted by Crippen LogP contribution is -2.28. The molecule has 5 heteroatoms. The Labute approximate surface area is 104 Å². The van der Waals surface area contributed by atoms with E-state index < -0.39 is 5.82 Å². The van der Waals surface area contributed by atoms with Gasteiger partial charge in [0.05, 0.1) is 5.69 Å². The number of anilines is 2. The standard InChI is InChI=1S/C13H12FN3O/c1-17(10-5-2-4-9(14)8-10)13(18)12-11(15)6-3-7-16-12/h2-8H,15H2,1H3. The molecule has 0 spiro atoms. The zero-order chi connectivity index (χ0) is 13.1. The molecule has 0 unspecified atom stereocenters. The van der Waals surface area contributed by atoms with E-state index in [9.17, 15) is 9.18 Å². The molecule has 4 nitrogen and oxygen atoms in total. The van der Waals surface area contributed by atoms with E-state index >= 15 is 0 Å². The van der Waals surface area contributed by atoms with Crippen LogP contribution in [0.4, 0.5) is 15.8 Å². The number of carbonyl (C=O) groups excluding carboxylic acids is 1. The van der Waals surface area contributed by atoms with E-state index in [-0.39, 0.29) is 11.6 Å². The highest BCUT2D eigenvalue weighted by atomic mass is 19.1. The number of hydrogen-bond acceptors (Lipinski definition) is 3. The molecule has 0 fully saturated rings. The second-order valence-corrected chi connectivity index (χ2v) is 3.79. The van der Waals surface area contributed by atoms with Gasteiger partial charge in [-0.1, -0.05) is 6.07 Å². The van der Waals surface area contributed by atoms with Crippen molar-refractivity contribution in [3.63, 3.8) is 0 Å². The highest BCUT2D eigenvalue weighted by molar-refractivity contribution is 6.07. The fraction of sp³-hybridized carbons (Fsp3) is 0.0769. The molecule has 0 aliphatic heterocycles. The molecular formula is C13H12FN3O. The predicted octanol–water partition coefficient (Wildman–Crippen LogP) is 2.08. The number of nitrogens with two attached hydrogens (primary N) is 1. The molecule has 0 radical (unpaired) electrons. The molecule has 2 N–H and O–H groups in total. The lowest BCUT2D eigenvalue weighted by atomic mass is 10.2. The summed E-state index contributed by atoms with van der Waals surface area (Å²) in [6, 6.07) is 9.01. The molecule has 2 rings (SSSR count). The zero-order valence-corrected chi connectivity index (χ0v) is 9.80. The van der Waals surface area contributed by atoms with E-state index in [1.807, 2.05) is 0 Å². The minimum atomic E-state index is -0.402. The van der Waals surface area contributed by atoms with Crippen molar-refractivity contribution in [2.75, 3.05) is 17.7 Å². The molecule has 1 heterocycles. The van der Waals surface area contributed by atoms with Gasteiger partial charge in [-0.05, 0) is 30.3 Å². The van der Waals surface area contributed by atoms with Gasteiger partial charge in [-0.25, -0.2) is 9.37 Å². The maximum Gasteiger partial charge on any atom is 0.278 e. The van der Waals surface area contributed by atoms with Gasteiger partial charge in [0.15, 0.2) is 5.69 Å². The van der Waals surface area contributed by atoms with Crippen molar-refractivity contribution in [3.8, 4) is 0 Å². The summed E-state index contributed by atoms with van der Waals surface area (Å²) in [5.74, 6) is -0.778. The molecule has 1 aromatic carbocycles. The Morgan fingerprint density at radius 1 is 1.33 bits per heavy atom. The number of pyridine rings is 1. The van der Waals surface area contributed by atoms with Crippen LogP contribution in [-0.4, -0.2) is 17.9 Å². The normalized spacial score (nSPS) is 10.1. The van der Waals surface area contributed by atoms with Crippen LogP contribution in [0.2, 0.25) is 0 Å². The summed E-state index contributed by atoms with van der Waals surface area (Å²) < 4.78 is 13.1. The van der Waals surface area contributed by atoms with E-state index in [4.69, 9.17) is 5.73 Å². The van der Waals surface area contributed by atoms with Crippen LogP contribution in [0.15, 0.2) is 42.6 Å². The Morgan fingerprint density at radius 2 is 2.11 bits per heavy atom. The summed E-state index contributed by atoms with van der Waals surface area (Å²) in [6.07, 6.45) is 1.49. The summed E-state index contributed by atoms with van der Waals surface area (Å²) in [4.78, 5) is 17.4. The first kappa shape index (κ1) is 12.0. The van der Waals surface area contributed by atoms with Crippen LogP contribution in [0, 0.1) is 5.82 Å². The lowest BCUT2D eigenvalue weighted by Gasteiger charge is -2.17. The van der Waals surface area contributed by atoms with Gasteiger partial charge in [0.1, 0.15) is 5.82 Å². The topological polar surface area (TPSA) is 59.2 Å². The van der Waals surface area contributed by atoms with Crippen LogP contribution in [0.1, 0.15) is 10.5 Å². The van der Waals surface area contributed by atoms with Crippen LogP contribution in [0.5, 0.6) is 0 Å². The number of carbonyl (C=O) groups is 1. The number of hydrogen-bond donors (Lipinski definition) is 1. The first-order chi connectivity index (χ1) is 8.59. The summed E-state index contributed by atoms with van der Waals surface area (Å²) in [5.41, 5.74) is 6.59. The van der Waals surface area contributed by atoms with Crippen molar-refractivity contribution < 1.29 is 9.18 Å². The number of amides is 1. The average Bonchev–Trinajstić information content (AvgIpc) is 2.37. The Kier molecular flexibility index (Phi) is 3.23. The van der Waals surface area contributed by atoms with Crippen molar-refractivity contribution in [3.05, 3.63) is 54.1 Å². The molecule has 92 valence electrons. The molecule has 1 amide bonds. The zero-order valence-electron chi connectivity index (χ0n) is 9.80. The molecule has 1 aromatic heterocycles. The number of nitrogen functional groups attached to an aromatic ring is 1. The molecule has 18 heavy (non-hydrogen) atoms. The smallest absolute Gasteiger partial charge is 0.278 e. The highest BCUT2D eigenvalue weighted by Crippen LogP contribution is 2.18. The molecule has 0 bridgehead atoms. The van der Waals surface area contributed by atoms with Gasteiger partial charge in [0.2, 0.25) is 0 Å². The maximum absolute atomic E-state index is 13.1. The Balaban J connectivity index is 2.32. The number of nitrogens with zero attached hydrogens (tertiary/aromatic N) is 2. The second kappa shape index (κ2) is 4.83. The van der Waals surface area contributed by atoms with Gasteiger partial charge in [-0.3, -0.25) is 4.79 Å². The largest absolute Gasteiger partial charge is 0.397 e. The molecule has 0 aliphatic carbocycles.